The molecule has 1 atom stereocenters. The predicted octanol–water partition coefficient (Wildman–Crippen LogP) is 0.760. The van der Waals surface area contributed by atoms with Crippen molar-refractivity contribution in [1.82, 2.24) is 0 Å². The summed E-state index contributed by atoms with van der Waals surface area (Å²) in [6.45, 7) is 0.163. The highest BCUT2D eigenvalue weighted by atomic mass is 16.6. The average molecular weight is 210 g/mol. The number of nitrogens with zero attached hydrogens (tertiary/aromatic N) is 1. The van der Waals surface area contributed by atoms with Crippen LogP contribution < -0.4 is 10.1 Å². The zero-order valence-electron chi connectivity index (χ0n) is 7.84. The van der Waals surface area contributed by atoms with Crippen LogP contribution in [0, 0.1) is 10.1 Å². The van der Waals surface area contributed by atoms with E-state index in [0.717, 1.165) is 0 Å². The van der Waals surface area contributed by atoms with Crippen molar-refractivity contribution in [3.8, 4) is 5.75 Å². The summed E-state index contributed by atoms with van der Waals surface area (Å²) >= 11 is 0. The van der Waals surface area contributed by atoms with Gasteiger partial charge in [-0.25, -0.2) is 0 Å². The van der Waals surface area contributed by atoms with Crippen LogP contribution in [0.5, 0.6) is 5.75 Å². The normalized spacial score (nSPS) is 18.6. The Balaban J connectivity index is 2.37. The summed E-state index contributed by atoms with van der Waals surface area (Å²) in [6, 6.07) is 4.44. The molecule has 6 heteroatoms. The van der Waals surface area contributed by atoms with Crippen molar-refractivity contribution in [2.24, 2.45) is 0 Å². The number of nitrogens with one attached hydrogen (secondary N) is 1. The molecule has 0 amide bonds. The molecule has 2 rings (SSSR count). The molecule has 0 aromatic heterocycles. The Labute approximate surface area is 85.6 Å². The molecule has 0 bridgehead atoms. The number of aliphatic hydroxyl groups is 1. The van der Waals surface area contributed by atoms with Gasteiger partial charge in [-0.05, 0) is 6.07 Å². The Kier molecular flexibility index (Phi) is 2.42. The van der Waals surface area contributed by atoms with Crippen molar-refractivity contribution in [3.63, 3.8) is 0 Å². The van der Waals surface area contributed by atoms with E-state index in [1.807, 2.05) is 0 Å². The second-order valence-corrected chi connectivity index (χ2v) is 3.25. The van der Waals surface area contributed by atoms with Gasteiger partial charge in [0, 0.05) is 6.07 Å². The number of aliphatic hydroxyl groups excluding tert-OH is 1. The second-order valence-electron chi connectivity index (χ2n) is 3.25. The van der Waals surface area contributed by atoms with Gasteiger partial charge in [-0.15, -0.1) is 0 Å². The van der Waals surface area contributed by atoms with E-state index in [1.54, 1.807) is 12.1 Å². The molecule has 15 heavy (non-hydrogen) atoms. The number of ether oxygens (including phenoxy) is 1. The molecule has 1 unspecified atom stereocenters. The molecule has 1 aliphatic heterocycles. The van der Waals surface area contributed by atoms with Gasteiger partial charge in [0.1, 0.15) is 6.61 Å². The number of hydrogen-bond donors (Lipinski definition) is 2. The van der Waals surface area contributed by atoms with Crippen LogP contribution in [0.2, 0.25) is 0 Å². The first-order chi connectivity index (χ1) is 7.22. The Morgan fingerprint density at radius 2 is 2.47 bits per heavy atom. The van der Waals surface area contributed by atoms with Crippen LogP contribution in [0.4, 0.5) is 11.4 Å². The van der Waals surface area contributed by atoms with Gasteiger partial charge in [-0.1, -0.05) is 6.07 Å². The monoisotopic (exact) mass is 210 g/mol. The molecule has 2 N–H and O–H groups in total. The third kappa shape index (κ3) is 1.71. The van der Waals surface area contributed by atoms with Gasteiger partial charge in [0.05, 0.1) is 23.3 Å². The number of rotatable bonds is 2. The van der Waals surface area contributed by atoms with Crippen molar-refractivity contribution in [1.29, 1.82) is 0 Å². The zero-order valence-corrected chi connectivity index (χ0v) is 7.84. The lowest BCUT2D eigenvalue weighted by Crippen LogP contribution is -2.34. The number of nitro benzene ring substituents is 1. The summed E-state index contributed by atoms with van der Waals surface area (Å²) in [7, 11) is 0. The molecule has 1 aromatic carbocycles. The largest absolute Gasteiger partial charge is 0.483 e. The highest BCUT2D eigenvalue weighted by Gasteiger charge is 2.25. The van der Waals surface area contributed by atoms with Gasteiger partial charge in [-0.2, -0.15) is 0 Å². The SMILES string of the molecule is O=[N+]([O-])c1cccc2c1OCC(CO)N2. The minimum Gasteiger partial charge on any atom is -0.483 e. The molecule has 0 fully saturated rings. The fraction of sp³-hybridized carbons (Fsp3) is 0.333. The van der Waals surface area contributed by atoms with E-state index in [9.17, 15) is 10.1 Å². The lowest BCUT2D eigenvalue weighted by atomic mass is 10.2. The molecule has 80 valence electrons. The topological polar surface area (TPSA) is 84.6 Å². The fourth-order valence-corrected chi connectivity index (χ4v) is 1.48. The number of para-hydroxylation sites is 1. The molecule has 6 nitrogen and oxygen atoms in total. The highest BCUT2D eigenvalue weighted by molar-refractivity contribution is 5.67. The Morgan fingerprint density at radius 3 is 3.13 bits per heavy atom. The predicted molar refractivity (Wildman–Crippen MR) is 53.1 cm³/mol. The number of nitro groups is 1. The van der Waals surface area contributed by atoms with Crippen molar-refractivity contribution in [2.45, 2.75) is 6.04 Å². The first-order valence-electron chi connectivity index (χ1n) is 4.50. The van der Waals surface area contributed by atoms with Gasteiger partial charge in [0.2, 0.25) is 5.75 Å². The lowest BCUT2D eigenvalue weighted by Gasteiger charge is -2.25. The van der Waals surface area contributed by atoms with Crippen molar-refractivity contribution >= 4 is 11.4 Å². The number of benzene rings is 1. The molecule has 0 spiro atoms. The first-order valence-corrected chi connectivity index (χ1v) is 4.50. The zero-order chi connectivity index (χ0) is 10.8. The maximum atomic E-state index is 10.7. The van der Waals surface area contributed by atoms with Crippen molar-refractivity contribution < 1.29 is 14.8 Å². The lowest BCUT2D eigenvalue weighted by molar-refractivity contribution is -0.385. The third-order valence-electron chi connectivity index (χ3n) is 2.20. The second kappa shape index (κ2) is 3.74. The molecule has 0 radical (unpaired) electrons. The summed E-state index contributed by atoms with van der Waals surface area (Å²) in [5, 5.41) is 22.6. The first kappa shape index (κ1) is 9.72. The molecular formula is C9H10N2O4. The summed E-state index contributed by atoms with van der Waals surface area (Å²) in [4.78, 5) is 10.2. The minimum atomic E-state index is -0.486. The Morgan fingerprint density at radius 1 is 1.67 bits per heavy atom. The van der Waals surface area contributed by atoms with Crippen molar-refractivity contribution in [2.75, 3.05) is 18.5 Å². The van der Waals surface area contributed by atoms with E-state index < -0.39 is 4.92 Å². The number of hydrogen-bond acceptors (Lipinski definition) is 5. The van der Waals surface area contributed by atoms with Gasteiger partial charge in [-0.3, -0.25) is 10.1 Å². The Bertz CT molecular complexity index is 394. The fourth-order valence-electron chi connectivity index (χ4n) is 1.48. The quantitative estimate of drug-likeness (QED) is 0.556. The van der Waals surface area contributed by atoms with Crippen LogP contribution in [0.15, 0.2) is 18.2 Å². The van der Waals surface area contributed by atoms with E-state index in [2.05, 4.69) is 5.32 Å². The summed E-state index contributed by atoms with van der Waals surface area (Å²) in [6.07, 6.45) is 0. The van der Waals surface area contributed by atoms with E-state index in [4.69, 9.17) is 9.84 Å². The van der Waals surface area contributed by atoms with Gasteiger partial charge in [0.15, 0.2) is 0 Å². The standard InChI is InChI=1S/C9H10N2O4/c12-4-6-5-15-9-7(10-6)2-1-3-8(9)11(13)14/h1-3,6,10,12H,4-5H2. The van der Waals surface area contributed by atoms with Crippen LogP contribution >= 0.6 is 0 Å². The third-order valence-corrected chi connectivity index (χ3v) is 2.20. The van der Waals surface area contributed by atoms with Gasteiger partial charge < -0.3 is 15.2 Å². The molecule has 1 aromatic rings. The maximum absolute atomic E-state index is 10.7. The molecular weight excluding hydrogens is 200 g/mol. The van der Waals surface area contributed by atoms with Gasteiger partial charge >= 0.3 is 5.69 Å². The molecule has 1 heterocycles. The molecule has 0 aliphatic carbocycles. The molecule has 0 saturated carbocycles. The van der Waals surface area contributed by atoms with Crippen LogP contribution in [0.1, 0.15) is 0 Å². The summed E-state index contributed by atoms with van der Waals surface area (Å²) in [5.74, 6) is 0.243. The summed E-state index contributed by atoms with van der Waals surface area (Å²) in [5.41, 5.74) is 0.492. The molecule has 1 aliphatic rings. The number of anilines is 1. The van der Waals surface area contributed by atoms with Crippen LogP contribution in [0.25, 0.3) is 0 Å². The summed E-state index contributed by atoms with van der Waals surface area (Å²) < 4.78 is 5.26. The maximum Gasteiger partial charge on any atom is 0.313 e. The van der Waals surface area contributed by atoms with Gasteiger partial charge in [0.25, 0.3) is 0 Å². The highest BCUT2D eigenvalue weighted by Crippen LogP contribution is 2.37. The minimum absolute atomic E-state index is 0.0589. The van der Waals surface area contributed by atoms with Crippen LogP contribution in [-0.4, -0.2) is 29.3 Å². The van der Waals surface area contributed by atoms with Crippen molar-refractivity contribution in [3.05, 3.63) is 28.3 Å². The van der Waals surface area contributed by atoms with Crippen LogP contribution in [0.3, 0.4) is 0 Å². The van der Waals surface area contributed by atoms with Crippen LogP contribution in [-0.2, 0) is 0 Å². The van der Waals surface area contributed by atoms with E-state index >= 15 is 0 Å². The number of fused-ring (bicyclic) bond motifs is 1. The van der Waals surface area contributed by atoms with E-state index in [0.29, 0.717) is 5.69 Å². The average Bonchev–Trinajstić information content (AvgIpc) is 2.27. The Hall–Kier alpha value is -1.82. The van der Waals surface area contributed by atoms with E-state index in [-0.39, 0.29) is 30.7 Å². The molecule has 0 saturated heterocycles. The smallest absolute Gasteiger partial charge is 0.313 e. The van der Waals surface area contributed by atoms with E-state index in [1.165, 1.54) is 6.07 Å².